The maximum absolute atomic E-state index is 3.37. The normalized spacial score (nSPS) is 12.7. The van der Waals surface area contributed by atoms with Crippen molar-refractivity contribution in [3.05, 3.63) is 55.8 Å². The smallest absolute Gasteiger partial charge is 0.0678 e. The Balaban J connectivity index is 2.40. The molecule has 0 bridgehead atoms. The molecule has 0 saturated heterocycles. The highest BCUT2D eigenvalue weighted by Gasteiger charge is 2.14. The molecule has 1 unspecified atom stereocenters. The minimum absolute atomic E-state index is 0.318. The number of hydrogen-bond donors (Lipinski definition) is 1. The van der Waals surface area contributed by atoms with Crippen molar-refractivity contribution in [3.8, 4) is 0 Å². The van der Waals surface area contributed by atoms with E-state index in [2.05, 4.69) is 69.7 Å². The van der Waals surface area contributed by atoms with Gasteiger partial charge in [-0.3, -0.25) is 0 Å². The molecule has 2 rings (SSSR count). The van der Waals surface area contributed by atoms with E-state index >= 15 is 0 Å². The van der Waals surface area contributed by atoms with E-state index in [-0.39, 0.29) is 0 Å². The number of rotatable bonds is 3. The molecule has 1 nitrogen and oxygen atoms in total. The van der Waals surface area contributed by atoms with Crippen molar-refractivity contribution in [2.24, 2.45) is 0 Å². The van der Waals surface area contributed by atoms with Crippen molar-refractivity contribution in [2.75, 3.05) is 7.05 Å². The summed E-state index contributed by atoms with van der Waals surface area (Å²) in [5.74, 6) is 0. The summed E-state index contributed by atoms with van der Waals surface area (Å²) in [5.41, 5.74) is 1.35. The van der Waals surface area contributed by atoms with Gasteiger partial charge in [-0.25, -0.2) is 0 Å². The number of benzene rings is 1. The van der Waals surface area contributed by atoms with E-state index in [9.17, 15) is 0 Å². The third kappa shape index (κ3) is 2.41. The van der Waals surface area contributed by atoms with Crippen molar-refractivity contribution in [3.63, 3.8) is 0 Å². The van der Waals surface area contributed by atoms with Gasteiger partial charge in [0.1, 0.15) is 0 Å². The lowest BCUT2D eigenvalue weighted by Gasteiger charge is -2.16. The Labute approximate surface area is 108 Å². The molecule has 0 radical (unpaired) electrons. The first kappa shape index (κ1) is 11.1. The summed E-state index contributed by atoms with van der Waals surface area (Å²) in [7, 11) is 2.01. The fraction of sp³-hybridized carbons (Fsp3) is 0.167. The van der Waals surface area contributed by atoms with E-state index in [4.69, 9.17) is 0 Å². The SMILES string of the molecule is CNC(c1cccs1)c1ccccc1I. The fourth-order valence-corrected chi connectivity index (χ4v) is 3.17. The molecule has 15 heavy (non-hydrogen) atoms. The molecule has 0 aliphatic carbocycles. The van der Waals surface area contributed by atoms with Crippen LogP contribution in [0, 0.1) is 3.57 Å². The molecular weight excluding hydrogens is 317 g/mol. The summed E-state index contributed by atoms with van der Waals surface area (Å²) in [6.07, 6.45) is 0. The molecule has 2 aromatic rings. The summed E-state index contributed by atoms with van der Waals surface area (Å²) >= 11 is 4.18. The first-order valence-electron chi connectivity index (χ1n) is 4.78. The standard InChI is InChI=1S/C12H12INS/c1-14-12(11-7-4-8-15-11)9-5-2-3-6-10(9)13/h2-8,12,14H,1H3. The van der Waals surface area contributed by atoms with Gasteiger partial charge < -0.3 is 5.32 Å². The van der Waals surface area contributed by atoms with Crippen molar-refractivity contribution in [2.45, 2.75) is 6.04 Å². The van der Waals surface area contributed by atoms with Gasteiger partial charge in [-0.2, -0.15) is 0 Å². The van der Waals surface area contributed by atoms with Crippen LogP contribution in [0.25, 0.3) is 0 Å². The van der Waals surface area contributed by atoms with Gasteiger partial charge in [-0.05, 0) is 52.7 Å². The van der Waals surface area contributed by atoms with E-state index in [0.717, 1.165) is 0 Å². The molecule has 0 amide bonds. The average molecular weight is 329 g/mol. The van der Waals surface area contributed by atoms with E-state index in [0.29, 0.717) is 6.04 Å². The lowest BCUT2D eigenvalue weighted by Crippen LogP contribution is -2.17. The van der Waals surface area contributed by atoms with Crippen LogP contribution >= 0.6 is 33.9 Å². The Kier molecular flexibility index (Phi) is 3.77. The fourth-order valence-electron chi connectivity index (χ4n) is 1.62. The second-order valence-corrected chi connectivity index (χ2v) is 5.40. The Morgan fingerprint density at radius 3 is 2.60 bits per heavy atom. The first-order chi connectivity index (χ1) is 7.33. The van der Waals surface area contributed by atoms with Crippen LogP contribution in [0.15, 0.2) is 41.8 Å². The van der Waals surface area contributed by atoms with Crippen LogP contribution in [-0.2, 0) is 0 Å². The van der Waals surface area contributed by atoms with Crippen LogP contribution in [0.5, 0.6) is 0 Å². The zero-order valence-electron chi connectivity index (χ0n) is 8.41. The lowest BCUT2D eigenvalue weighted by molar-refractivity contribution is 0.700. The molecule has 1 heterocycles. The van der Waals surface area contributed by atoms with Gasteiger partial charge in [0.25, 0.3) is 0 Å². The van der Waals surface area contributed by atoms with Gasteiger partial charge in [-0.1, -0.05) is 24.3 Å². The molecule has 3 heteroatoms. The highest BCUT2D eigenvalue weighted by atomic mass is 127. The summed E-state index contributed by atoms with van der Waals surface area (Å²) in [6, 6.07) is 13.1. The van der Waals surface area contributed by atoms with E-state index in [1.165, 1.54) is 14.0 Å². The molecule has 0 saturated carbocycles. The predicted octanol–water partition coefficient (Wildman–Crippen LogP) is 3.66. The molecule has 0 aliphatic rings. The quantitative estimate of drug-likeness (QED) is 0.848. The maximum atomic E-state index is 3.37. The molecule has 1 N–H and O–H groups in total. The third-order valence-corrected chi connectivity index (χ3v) is 4.25. The zero-order valence-corrected chi connectivity index (χ0v) is 11.4. The van der Waals surface area contributed by atoms with Gasteiger partial charge in [-0.15, -0.1) is 11.3 Å². The van der Waals surface area contributed by atoms with Crippen LogP contribution in [0.2, 0.25) is 0 Å². The summed E-state index contributed by atoms with van der Waals surface area (Å²) < 4.78 is 1.31. The Morgan fingerprint density at radius 1 is 1.20 bits per heavy atom. The Morgan fingerprint density at radius 2 is 2.00 bits per heavy atom. The van der Waals surface area contributed by atoms with Crippen molar-refractivity contribution < 1.29 is 0 Å². The minimum atomic E-state index is 0.318. The van der Waals surface area contributed by atoms with E-state index < -0.39 is 0 Å². The minimum Gasteiger partial charge on any atom is -0.309 e. The van der Waals surface area contributed by atoms with Crippen LogP contribution in [0.4, 0.5) is 0 Å². The van der Waals surface area contributed by atoms with Crippen LogP contribution in [0.1, 0.15) is 16.5 Å². The van der Waals surface area contributed by atoms with Crippen LogP contribution in [0.3, 0.4) is 0 Å². The van der Waals surface area contributed by atoms with Gasteiger partial charge in [0.15, 0.2) is 0 Å². The topological polar surface area (TPSA) is 12.0 Å². The highest BCUT2D eigenvalue weighted by Crippen LogP contribution is 2.28. The van der Waals surface area contributed by atoms with Crippen LogP contribution in [-0.4, -0.2) is 7.05 Å². The second-order valence-electron chi connectivity index (χ2n) is 3.26. The molecule has 1 aromatic heterocycles. The molecule has 1 aromatic carbocycles. The number of thiophene rings is 1. The molecule has 1 atom stereocenters. The van der Waals surface area contributed by atoms with Gasteiger partial charge >= 0.3 is 0 Å². The summed E-state index contributed by atoms with van der Waals surface area (Å²) in [5, 5.41) is 5.49. The molecule has 0 aliphatic heterocycles. The Hall–Kier alpha value is -0.390. The van der Waals surface area contributed by atoms with Gasteiger partial charge in [0.2, 0.25) is 0 Å². The third-order valence-electron chi connectivity index (χ3n) is 2.33. The van der Waals surface area contributed by atoms with E-state index in [1.807, 2.05) is 7.05 Å². The largest absolute Gasteiger partial charge is 0.309 e. The monoisotopic (exact) mass is 329 g/mol. The highest BCUT2D eigenvalue weighted by molar-refractivity contribution is 14.1. The predicted molar refractivity (Wildman–Crippen MR) is 74.4 cm³/mol. The number of halogens is 1. The van der Waals surface area contributed by atoms with Crippen molar-refractivity contribution in [1.29, 1.82) is 0 Å². The van der Waals surface area contributed by atoms with Crippen LogP contribution < -0.4 is 5.32 Å². The summed E-state index contributed by atoms with van der Waals surface area (Å²) in [4.78, 5) is 1.36. The second kappa shape index (κ2) is 5.09. The molecule has 0 spiro atoms. The first-order valence-corrected chi connectivity index (χ1v) is 6.74. The average Bonchev–Trinajstić information content (AvgIpc) is 2.75. The molecule has 78 valence electrons. The zero-order chi connectivity index (χ0) is 10.7. The Bertz CT molecular complexity index is 425. The maximum Gasteiger partial charge on any atom is 0.0678 e. The number of nitrogens with one attached hydrogen (secondary N) is 1. The van der Waals surface area contributed by atoms with E-state index in [1.54, 1.807) is 11.3 Å². The van der Waals surface area contributed by atoms with Crippen molar-refractivity contribution >= 4 is 33.9 Å². The number of hydrogen-bond acceptors (Lipinski definition) is 2. The van der Waals surface area contributed by atoms with Crippen molar-refractivity contribution in [1.82, 2.24) is 5.32 Å². The van der Waals surface area contributed by atoms with Gasteiger partial charge in [0.05, 0.1) is 6.04 Å². The molecular formula is C12H12INS. The van der Waals surface area contributed by atoms with Gasteiger partial charge in [0, 0.05) is 8.45 Å². The molecule has 0 fully saturated rings. The lowest BCUT2D eigenvalue weighted by atomic mass is 10.1. The summed E-state index contributed by atoms with van der Waals surface area (Å²) in [6.45, 7) is 0.